The van der Waals surface area contributed by atoms with Gasteiger partial charge >= 0.3 is 0 Å². The monoisotopic (exact) mass is 446 g/mol. The molecule has 4 heteroatoms. The summed E-state index contributed by atoms with van der Waals surface area (Å²) < 4.78 is 11.4. The lowest BCUT2D eigenvalue weighted by molar-refractivity contribution is 0.103. The number of carbonyl (C=O) groups excluding carboxylic acids is 2. The molecule has 0 N–H and O–H groups in total. The first-order valence-corrected chi connectivity index (χ1v) is 10.9. The molecule has 0 bridgehead atoms. The molecule has 166 valence electrons. The van der Waals surface area contributed by atoms with Gasteiger partial charge < -0.3 is 9.47 Å². The topological polar surface area (TPSA) is 52.6 Å². The van der Waals surface area contributed by atoms with Crippen LogP contribution in [0.1, 0.15) is 31.8 Å². The summed E-state index contributed by atoms with van der Waals surface area (Å²) in [4.78, 5) is 26.3. The summed E-state index contributed by atoms with van der Waals surface area (Å²) in [6.07, 6.45) is 0. The number of hydrogen-bond acceptors (Lipinski definition) is 4. The minimum atomic E-state index is -0.0676. The van der Waals surface area contributed by atoms with E-state index in [0.717, 1.165) is 21.5 Å². The number of benzene rings is 5. The third-order valence-corrected chi connectivity index (χ3v) is 6.03. The first kappa shape index (κ1) is 21.4. The van der Waals surface area contributed by atoms with E-state index in [9.17, 15) is 9.59 Å². The van der Waals surface area contributed by atoms with Crippen LogP contribution in [0.5, 0.6) is 11.5 Å². The van der Waals surface area contributed by atoms with Crippen molar-refractivity contribution in [1.82, 2.24) is 0 Å². The van der Waals surface area contributed by atoms with Crippen LogP contribution in [0.25, 0.3) is 21.5 Å². The first-order valence-electron chi connectivity index (χ1n) is 10.9. The van der Waals surface area contributed by atoms with Crippen molar-refractivity contribution in [3.63, 3.8) is 0 Å². The van der Waals surface area contributed by atoms with Crippen molar-refractivity contribution in [1.29, 1.82) is 0 Å². The van der Waals surface area contributed by atoms with Crippen molar-refractivity contribution in [3.05, 3.63) is 119 Å². The zero-order valence-corrected chi connectivity index (χ0v) is 18.9. The molecule has 34 heavy (non-hydrogen) atoms. The van der Waals surface area contributed by atoms with Crippen molar-refractivity contribution in [2.24, 2.45) is 0 Å². The molecule has 0 saturated carbocycles. The molecular weight excluding hydrogens is 424 g/mol. The second-order valence-electron chi connectivity index (χ2n) is 7.98. The van der Waals surface area contributed by atoms with Gasteiger partial charge in [-0.05, 0) is 35.0 Å². The molecule has 5 rings (SSSR count). The minimum Gasteiger partial charge on any atom is -0.492 e. The first-order chi connectivity index (χ1) is 16.6. The predicted molar refractivity (Wildman–Crippen MR) is 134 cm³/mol. The Labute approximate surface area is 197 Å². The lowest BCUT2D eigenvalue weighted by Gasteiger charge is -2.16. The van der Waals surface area contributed by atoms with Crippen molar-refractivity contribution in [2.75, 3.05) is 14.2 Å². The number of ether oxygens (including phenoxy) is 2. The van der Waals surface area contributed by atoms with Crippen molar-refractivity contribution in [2.45, 2.75) is 0 Å². The number of ketones is 2. The van der Waals surface area contributed by atoms with E-state index in [2.05, 4.69) is 0 Å². The molecule has 0 radical (unpaired) electrons. The van der Waals surface area contributed by atoms with Crippen LogP contribution in [0.15, 0.2) is 97.1 Å². The molecule has 0 spiro atoms. The third-order valence-electron chi connectivity index (χ3n) is 6.03. The highest BCUT2D eigenvalue weighted by Gasteiger charge is 2.20. The van der Waals surface area contributed by atoms with Gasteiger partial charge in [-0.25, -0.2) is 0 Å². The second kappa shape index (κ2) is 8.83. The minimum absolute atomic E-state index is 0.0676. The van der Waals surface area contributed by atoms with Crippen LogP contribution in [0, 0.1) is 0 Å². The molecule has 0 heterocycles. The second-order valence-corrected chi connectivity index (χ2v) is 7.98. The van der Waals surface area contributed by atoms with Crippen molar-refractivity contribution in [3.8, 4) is 11.5 Å². The fourth-order valence-electron chi connectivity index (χ4n) is 4.37. The van der Waals surface area contributed by atoms with E-state index < -0.39 is 0 Å². The van der Waals surface area contributed by atoms with E-state index in [1.807, 2.05) is 60.7 Å². The number of hydrogen-bond donors (Lipinski definition) is 0. The molecule has 0 aliphatic carbocycles. The Morgan fingerprint density at radius 3 is 1.21 bits per heavy atom. The molecule has 0 aliphatic rings. The normalized spacial score (nSPS) is 10.9. The third kappa shape index (κ3) is 3.59. The van der Waals surface area contributed by atoms with Gasteiger partial charge in [0.25, 0.3) is 0 Å². The van der Waals surface area contributed by atoms with Crippen LogP contribution in [0.2, 0.25) is 0 Å². The number of methoxy groups -OCH3 is 2. The summed E-state index contributed by atoms with van der Waals surface area (Å²) in [7, 11) is 3.19. The molecule has 5 aromatic carbocycles. The van der Waals surface area contributed by atoms with Crippen LogP contribution in [-0.4, -0.2) is 25.8 Å². The van der Waals surface area contributed by atoms with Gasteiger partial charge in [-0.15, -0.1) is 0 Å². The average molecular weight is 447 g/mol. The molecule has 0 aromatic heterocycles. The highest BCUT2D eigenvalue weighted by atomic mass is 16.5. The number of fused-ring (bicyclic) bond motifs is 3. The van der Waals surface area contributed by atoms with Gasteiger partial charge in [0.15, 0.2) is 23.1 Å². The molecule has 0 aliphatic heterocycles. The Morgan fingerprint density at radius 2 is 0.853 bits per heavy atom. The summed E-state index contributed by atoms with van der Waals surface area (Å²) in [5.41, 5.74) is 2.36. The SMILES string of the molecule is COc1c(OC)c2ccc(C(=O)c3ccccc3)cc2c2cc(C(=O)c3ccccc3)ccc12. The molecule has 0 saturated heterocycles. The maximum Gasteiger partial charge on any atom is 0.193 e. The summed E-state index contributed by atoms with van der Waals surface area (Å²) in [5, 5.41) is 3.25. The van der Waals surface area contributed by atoms with Crippen LogP contribution in [0.4, 0.5) is 0 Å². The average Bonchev–Trinajstić information content (AvgIpc) is 2.91. The van der Waals surface area contributed by atoms with E-state index >= 15 is 0 Å². The Bertz CT molecular complexity index is 1420. The number of rotatable bonds is 6. The van der Waals surface area contributed by atoms with Crippen LogP contribution >= 0.6 is 0 Å². The number of carbonyl (C=O) groups is 2. The van der Waals surface area contributed by atoms with Gasteiger partial charge in [0.1, 0.15) is 0 Å². The van der Waals surface area contributed by atoms with Gasteiger partial charge in [0.2, 0.25) is 0 Å². The highest BCUT2D eigenvalue weighted by molar-refractivity contribution is 6.19. The van der Waals surface area contributed by atoms with Gasteiger partial charge in [-0.3, -0.25) is 9.59 Å². The fraction of sp³-hybridized carbons (Fsp3) is 0.0667. The molecular formula is C30H22O4. The largest absolute Gasteiger partial charge is 0.492 e. The summed E-state index contributed by atoms with van der Waals surface area (Å²) in [5.74, 6) is 1.04. The molecule has 4 nitrogen and oxygen atoms in total. The summed E-state index contributed by atoms with van der Waals surface area (Å²) in [6, 6.07) is 29.4. The zero-order chi connectivity index (χ0) is 23.7. The Kier molecular flexibility index (Phi) is 5.56. The summed E-state index contributed by atoms with van der Waals surface area (Å²) >= 11 is 0. The standard InChI is InChI=1S/C30H22O4/c1-33-29-23-15-13-21(27(31)19-9-5-3-6-10-19)17-25(23)26-18-22(14-16-24(26)30(29)34-2)28(32)20-11-7-4-8-12-20/h3-18H,1-2H3. The predicted octanol–water partition coefficient (Wildman–Crippen LogP) is 6.47. The van der Waals surface area contributed by atoms with E-state index in [0.29, 0.717) is 33.8 Å². The van der Waals surface area contributed by atoms with Crippen molar-refractivity contribution >= 4 is 33.1 Å². The zero-order valence-electron chi connectivity index (χ0n) is 18.9. The van der Waals surface area contributed by atoms with E-state index in [1.54, 1.807) is 50.6 Å². The van der Waals surface area contributed by atoms with Crippen LogP contribution < -0.4 is 9.47 Å². The van der Waals surface area contributed by atoms with E-state index in [-0.39, 0.29) is 11.6 Å². The van der Waals surface area contributed by atoms with Gasteiger partial charge in [-0.1, -0.05) is 72.8 Å². The maximum atomic E-state index is 13.2. The van der Waals surface area contributed by atoms with E-state index in [1.165, 1.54) is 0 Å². The highest BCUT2D eigenvalue weighted by Crippen LogP contribution is 2.44. The molecule has 5 aromatic rings. The molecule has 0 unspecified atom stereocenters. The van der Waals surface area contributed by atoms with Gasteiger partial charge in [-0.2, -0.15) is 0 Å². The molecule has 0 atom stereocenters. The maximum absolute atomic E-state index is 13.2. The lowest BCUT2D eigenvalue weighted by atomic mass is 9.93. The van der Waals surface area contributed by atoms with Gasteiger partial charge in [0, 0.05) is 33.0 Å². The summed E-state index contributed by atoms with van der Waals surface area (Å²) in [6.45, 7) is 0. The fourth-order valence-corrected chi connectivity index (χ4v) is 4.37. The quantitative estimate of drug-likeness (QED) is 0.221. The van der Waals surface area contributed by atoms with Crippen molar-refractivity contribution < 1.29 is 19.1 Å². The van der Waals surface area contributed by atoms with E-state index in [4.69, 9.17) is 9.47 Å². The Morgan fingerprint density at radius 1 is 0.471 bits per heavy atom. The Balaban J connectivity index is 1.77. The molecule has 0 fully saturated rings. The van der Waals surface area contributed by atoms with Crippen LogP contribution in [0.3, 0.4) is 0 Å². The Hall–Kier alpha value is -4.44. The smallest absolute Gasteiger partial charge is 0.193 e. The molecule has 0 amide bonds. The van der Waals surface area contributed by atoms with Crippen LogP contribution in [-0.2, 0) is 0 Å². The lowest BCUT2D eigenvalue weighted by Crippen LogP contribution is -2.03. The van der Waals surface area contributed by atoms with Gasteiger partial charge in [0.05, 0.1) is 14.2 Å².